The molecule has 0 atom stereocenters. The van der Waals surface area contributed by atoms with Gasteiger partial charge in [0.2, 0.25) is 0 Å². The number of nitrogens with one attached hydrogen (secondary N) is 1. The second-order valence-corrected chi connectivity index (χ2v) is 6.26. The summed E-state index contributed by atoms with van der Waals surface area (Å²) in [6.45, 7) is 2.80. The lowest BCUT2D eigenvalue weighted by Crippen LogP contribution is -2.23. The lowest BCUT2D eigenvalue weighted by Gasteiger charge is -2.06. The Labute approximate surface area is 142 Å². The van der Waals surface area contributed by atoms with E-state index in [1.54, 1.807) is 7.11 Å². The first-order chi connectivity index (χ1) is 11.2. The molecule has 2 rings (SSSR count). The topological polar surface area (TPSA) is 59.6 Å². The maximum atomic E-state index is 5.88. The molecular weight excluding hydrogens is 306 g/mol. The van der Waals surface area contributed by atoms with E-state index in [4.69, 9.17) is 10.5 Å². The molecule has 0 fully saturated rings. The van der Waals surface area contributed by atoms with E-state index in [0.29, 0.717) is 12.5 Å². The Morgan fingerprint density at radius 3 is 2.48 bits per heavy atom. The van der Waals surface area contributed by atoms with Gasteiger partial charge in [-0.2, -0.15) is 11.8 Å². The highest BCUT2D eigenvalue weighted by atomic mass is 32.2. The molecule has 0 aliphatic carbocycles. The number of thioether (sulfide) groups is 1. The second-order valence-electron chi connectivity index (χ2n) is 5.16. The van der Waals surface area contributed by atoms with Crippen LogP contribution in [0.25, 0.3) is 0 Å². The number of guanidine groups is 1. The van der Waals surface area contributed by atoms with Crippen molar-refractivity contribution in [3.05, 3.63) is 59.7 Å². The fourth-order valence-corrected chi connectivity index (χ4v) is 2.76. The van der Waals surface area contributed by atoms with Crippen LogP contribution in [-0.2, 0) is 5.75 Å². The Hall–Kier alpha value is -2.14. The van der Waals surface area contributed by atoms with Crippen molar-refractivity contribution in [2.45, 2.75) is 12.7 Å². The third-order valence-electron chi connectivity index (χ3n) is 3.27. The van der Waals surface area contributed by atoms with E-state index in [1.807, 2.05) is 36.0 Å². The van der Waals surface area contributed by atoms with Crippen molar-refractivity contribution in [2.24, 2.45) is 10.7 Å². The van der Waals surface area contributed by atoms with E-state index < -0.39 is 0 Å². The highest BCUT2D eigenvalue weighted by molar-refractivity contribution is 7.98. The number of methoxy groups -OCH3 is 1. The molecule has 0 radical (unpaired) electrons. The molecule has 0 unspecified atom stereocenters. The van der Waals surface area contributed by atoms with E-state index in [0.717, 1.165) is 22.9 Å². The van der Waals surface area contributed by atoms with Crippen LogP contribution in [0.4, 0.5) is 5.69 Å². The van der Waals surface area contributed by atoms with Crippen LogP contribution in [0.2, 0.25) is 0 Å². The summed E-state index contributed by atoms with van der Waals surface area (Å²) in [5.41, 5.74) is 9.42. The number of aryl methyl sites for hydroxylation is 1. The summed E-state index contributed by atoms with van der Waals surface area (Å²) in [5, 5.41) is 3.07. The molecule has 0 heterocycles. The molecule has 2 aromatic rings. The van der Waals surface area contributed by atoms with Gasteiger partial charge in [0.25, 0.3) is 0 Å². The Morgan fingerprint density at radius 1 is 1.13 bits per heavy atom. The second kappa shape index (κ2) is 9.10. The number of nitrogens with two attached hydrogens (primary N) is 1. The molecule has 5 heteroatoms. The first-order valence-corrected chi connectivity index (χ1v) is 8.67. The highest BCUT2D eigenvalue weighted by Crippen LogP contribution is 2.15. The van der Waals surface area contributed by atoms with Crippen LogP contribution in [0.3, 0.4) is 0 Å². The normalized spacial score (nSPS) is 11.3. The number of aliphatic imine (C=N–C) groups is 1. The number of hydrogen-bond donors (Lipinski definition) is 2. The Bertz CT molecular complexity index is 624. The third-order valence-corrected chi connectivity index (χ3v) is 4.28. The van der Waals surface area contributed by atoms with Crippen molar-refractivity contribution in [3.8, 4) is 5.75 Å². The SMILES string of the molecule is COc1ccc(NC(N)=NCCSCc2ccc(C)cc2)cc1. The van der Waals surface area contributed by atoms with Crippen LogP contribution in [-0.4, -0.2) is 25.4 Å². The van der Waals surface area contributed by atoms with Crippen molar-refractivity contribution in [1.29, 1.82) is 0 Å². The Morgan fingerprint density at radius 2 is 1.83 bits per heavy atom. The zero-order valence-electron chi connectivity index (χ0n) is 13.6. The summed E-state index contributed by atoms with van der Waals surface area (Å²) in [6.07, 6.45) is 0. The van der Waals surface area contributed by atoms with Gasteiger partial charge in [0.15, 0.2) is 5.96 Å². The average molecular weight is 329 g/mol. The lowest BCUT2D eigenvalue weighted by atomic mass is 10.2. The minimum Gasteiger partial charge on any atom is -0.497 e. The third kappa shape index (κ3) is 6.24. The molecule has 122 valence electrons. The van der Waals surface area contributed by atoms with E-state index >= 15 is 0 Å². The number of hydrogen-bond acceptors (Lipinski definition) is 3. The molecule has 0 amide bonds. The molecule has 0 aliphatic rings. The maximum Gasteiger partial charge on any atom is 0.193 e. The van der Waals surface area contributed by atoms with Gasteiger partial charge < -0.3 is 15.8 Å². The number of anilines is 1. The first-order valence-electron chi connectivity index (χ1n) is 7.51. The van der Waals surface area contributed by atoms with E-state index in [2.05, 4.69) is 41.5 Å². The minimum atomic E-state index is 0.436. The van der Waals surface area contributed by atoms with Gasteiger partial charge >= 0.3 is 0 Å². The van der Waals surface area contributed by atoms with E-state index in [-0.39, 0.29) is 0 Å². The van der Waals surface area contributed by atoms with Crippen LogP contribution in [0.1, 0.15) is 11.1 Å². The van der Waals surface area contributed by atoms with Crippen LogP contribution < -0.4 is 15.8 Å². The fraction of sp³-hybridized carbons (Fsp3) is 0.278. The standard InChI is InChI=1S/C18H23N3OS/c1-14-3-5-15(6-4-14)13-23-12-11-20-18(19)21-16-7-9-17(22-2)10-8-16/h3-10H,11-13H2,1-2H3,(H3,19,20,21). The number of ether oxygens (including phenoxy) is 1. The Kier molecular flexibility index (Phi) is 6.81. The van der Waals surface area contributed by atoms with Gasteiger partial charge in [-0.3, -0.25) is 4.99 Å². The summed E-state index contributed by atoms with van der Waals surface area (Å²) < 4.78 is 5.12. The van der Waals surface area contributed by atoms with Crippen molar-refractivity contribution < 1.29 is 4.74 Å². The summed E-state index contributed by atoms with van der Waals surface area (Å²) in [7, 11) is 1.65. The van der Waals surface area contributed by atoms with Gasteiger partial charge in [0.05, 0.1) is 13.7 Å². The molecule has 0 spiro atoms. The quantitative estimate of drug-likeness (QED) is 0.462. The van der Waals surface area contributed by atoms with Crippen LogP contribution in [0, 0.1) is 6.92 Å². The number of benzene rings is 2. The summed E-state index contributed by atoms with van der Waals surface area (Å²) >= 11 is 1.86. The molecule has 0 aliphatic heterocycles. The Balaban J connectivity index is 1.68. The monoisotopic (exact) mass is 329 g/mol. The summed E-state index contributed by atoms with van der Waals surface area (Å²) in [6, 6.07) is 16.2. The van der Waals surface area contributed by atoms with Gasteiger partial charge in [-0.1, -0.05) is 29.8 Å². The molecule has 0 aromatic heterocycles. The van der Waals surface area contributed by atoms with Crippen LogP contribution >= 0.6 is 11.8 Å². The average Bonchev–Trinajstić information content (AvgIpc) is 2.57. The van der Waals surface area contributed by atoms with Gasteiger partial charge in [-0.25, -0.2) is 0 Å². The molecule has 0 saturated heterocycles. The number of nitrogens with zero attached hydrogens (tertiary/aromatic N) is 1. The summed E-state index contributed by atoms with van der Waals surface area (Å²) in [5.74, 6) is 3.20. The van der Waals surface area contributed by atoms with Gasteiger partial charge in [0.1, 0.15) is 5.75 Å². The zero-order chi connectivity index (χ0) is 16.5. The molecule has 0 bridgehead atoms. The van der Waals surface area contributed by atoms with E-state index in [9.17, 15) is 0 Å². The zero-order valence-corrected chi connectivity index (χ0v) is 14.4. The maximum absolute atomic E-state index is 5.88. The smallest absolute Gasteiger partial charge is 0.193 e. The van der Waals surface area contributed by atoms with Crippen LogP contribution in [0.5, 0.6) is 5.75 Å². The molecule has 3 N–H and O–H groups in total. The van der Waals surface area contributed by atoms with Gasteiger partial charge in [-0.05, 0) is 36.8 Å². The molecule has 0 saturated carbocycles. The minimum absolute atomic E-state index is 0.436. The predicted octanol–water partition coefficient (Wildman–Crippen LogP) is 3.66. The summed E-state index contributed by atoms with van der Waals surface area (Å²) in [4.78, 5) is 4.34. The predicted molar refractivity (Wildman–Crippen MR) is 100 cm³/mol. The fourth-order valence-electron chi connectivity index (χ4n) is 1.97. The largest absolute Gasteiger partial charge is 0.497 e. The molecule has 4 nitrogen and oxygen atoms in total. The van der Waals surface area contributed by atoms with Crippen LogP contribution in [0.15, 0.2) is 53.5 Å². The van der Waals surface area contributed by atoms with Gasteiger partial charge in [-0.15, -0.1) is 0 Å². The first kappa shape index (κ1) is 17.2. The van der Waals surface area contributed by atoms with E-state index in [1.165, 1.54) is 11.1 Å². The van der Waals surface area contributed by atoms with Crippen molar-refractivity contribution >= 4 is 23.4 Å². The lowest BCUT2D eigenvalue weighted by molar-refractivity contribution is 0.415. The number of rotatable bonds is 7. The van der Waals surface area contributed by atoms with Crippen molar-refractivity contribution in [1.82, 2.24) is 0 Å². The molecular formula is C18H23N3OS. The highest BCUT2D eigenvalue weighted by Gasteiger charge is 1.97. The van der Waals surface area contributed by atoms with Crippen molar-refractivity contribution in [3.63, 3.8) is 0 Å². The van der Waals surface area contributed by atoms with Crippen molar-refractivity contribution in [2.75, 3.05) is 24.7 Å². The van der Waals surface area contributed by atoms with Gasteiger partial charge in [0, 0.05) is 17.2 Å². The molecule has 23 heavy (non-hydrogen) atoms. The molecule has 2 aromatic carbocycles.